The molecule has 0 spiro atoms. The number of rotatable bonds is 10. The number of nitrogens with zero attached hydrogens (tertiary/aromatic N) is 1. The predicted octanol–water partition coefficient (Wildman–Crippen LogP) is 4.09. The molecule has 3 amide bonds. The second-order valence-corrected chi connectivity index (χ2v) is 13.7. The minimum absolute atomic E-state index is 0.211. The third-order valence-electron chi connectivity index (χ3n) is 8.39. The molecule has 4 atom stereocenters. The van der Waals surface area contributed by atoms with Crippen molar-refractivity contribution in [3.05, 3.63) is 95.1 Å². The zero-order chi connectivity index (χ0) is 32.1. The van der Waals surface area contributed by atoms with Crippen molar-refractivity contribution in [1.29, 1.82) is 0 Å². The maximum Gasteiger partial charge on any atom is 0.258 e. The molecule has 1 saturated heterocycles. The van der Waals surface area contributed by atoms with Crippen molar-refractivity contribution in [2.24, 2.45) is 0 Å². The van der Waals surface area contributed by atoms with Crippen LogP contribution in [-0.2, 0) is 20.8 Å². The van der Waals surface area contributed by atoms with Gasteiger partial charge in [-0.1, -0.05) is 66.7 Å². The van der Waals surface area contributed by atoms with Crippen LogP contribution in [0, 0.1) is 13.8 Å². The summed E-state index contributed by atoms with van der Waals surface area (Å²) >= 11 is 1.48. The van der Waals surface area contributed by atoms with Gasteiger partial charge in [0.05, 0.1) is 24.6 Å². The Morgan fingerprint density at radius 2 is 1.71 bits per heavy atom. The van der Waals surface area contributed by atoms with Crippen LogP contribution < -0.4 is 20.1 Å². The summed E-state index contributed by atoms with van der Waals surface area (Å²) in [5.41, 5.74) is 3.55. The summed E-state index contributed by atoms with van der Waals surface area (Å²) in [4.78, 5) is 42.4. The molecular weight excluding hydrogens is 590 g/mol. The molecule has 0 aromatic heterocycles. The van der Waals surface area contributed by atoms with E-state index in [0.29, 0.717) is 18.8 Å². The lowest BCUT2D eigenvalue weighted by Crippen LogP contribution is -2.59. The maximum atomic E-state index is 14.0. The lowest BCUT2D eigenvalue weighted by atomic mass is 9.95. The zero-order valence-electron chi connectivity index (χ0n) is 26.1. The second-order valence-electron chi connectivity index (χ2n) is 12.1. The molecular formula is C35H41N3O6S. The number of hydrogen-bond acceptors (Lipinski definition) is 7. The molecule has 9 nitrogen and oxygen atoms in total. The van der Waals surface area contributed by atoms with Crippen LogP contribution in [-0.4, -0.2) is 69.8 Å². The first-order valence-corrected chi connectivity index (χ1v) is 16.2. The topological polar surface area (TPSA) is 117 Å². The van der Waals surface area contributed by atoms with Crippen LogP contribution in [0.15, 0.2) is 72.8 Å². The van der Waals surface area contributed by atoms with E-state index in [-0.39, 0.29) is 30.9 Å². The summed E-state index contributed by atoms with van der Waals surface area (Å²) in [5, 5.41) is 17.5. The van der Waals surface area contributed by atoms with Gasteiger partial charge in [-0.15, -0.1) is 11.8 Å². The maximum absolute atomic E-state index is 14.0. The molecule has 2 aliphatic rings. The van der Waals surface area contributed by atoms with Gasteiger partial charge in [-0.2, -0.15) is 0 Å². The molecule has 5 rings (SSSR count). The molecule has 45 heavy (non-hydrogen) atoms. The molecule has 2 heterocycles. The number of fused-ring (bicyclic) bond motifs is 1. The van der Waals surface area contributed by atoms with Crippen molar-refractivity contribution in [2.45, 2.75) is 69.5 Å². The highest BCUT2D eigenvalue weighted by Crippen LogP contribution is 2.41. The van der Waals surface area contributed by atoms with E-state index in [9.17, 15) is 19.5 Å². The van der Waals surface area contributed by atoms with E-state index in [4.69, 9.17) is 9.47 Å². The van der Waals surface area contributed by atoms with Crippen molar-refractivity contribution in [3.63, 3.8) is 0 Å². The Bertz CT molecular complexity index is 1510. The van der Waals surface area contributed by atoms with Gasteiger partial charge in [0.2, 0.25) is 5.91 Å². The van der Waals surface area contributed by atoms with Crippen molar-refractivity contribution >= 4 is 29.5 Å². The van der Waals surface area contributed by atoms with Crippen molar-refractivity contribution < 1.29 is 29.0 Å². The van der Waals surface area contributed by atoms with Crippen LogP contribution in [0.1, 0.15) is 48.6 Å². The average molecular weight is 632 g/mol. The molecule has 2 aliphatic heterocycles. The summed E-state index contributed by atoms with van der Waals surface area (Å²) in [6, 6.07) is 20.7. The molecule has 0 radical (unpaired) electrons. The Kier molecular flexibility index (Phi) is 10.0. The van der Waals surface area contributed by atoms with E-state index >= 15 is 0 Å². The van der Waals surface area contributed by atoms with E-state index in [1.807, 2.05) is 100 Å². The van der Waals surface area contributed by atoms with Crippen LogP contribution in [0.25, 0.3) is 0 Å². The van der Waals surface area contributed by atoms with Gasteiger partial charge in [0.15, 0.2) is 12.7 Å². The molecule has 0 unspecified atom stereocenters. The highest BCUT2D eigenvalue weighted by atomic mass is 32.2. The van der Waals surface area contributed by atoms with Crippen molar-refractivity contribution in [3.8, 4) is 11.5 Å². The monoisotopic (exact) mass is 631 g/mol. The van der Waals surface area contributed by atoms with Gasteiger partial charge in [0.1, 0.15) is 17.5 Å². The minimum Gasteiger partial charge on any atom is -0.493 e. The number of benzene rings is 3. The molecule has 0 saturated carbocycles. The number of aliphatic hydroxyl groups is 1. The number of para-hydroxylation sites is 2. The van der Waals surface area contributed by atoms with Crippen LogP contribution in [0.5, 0.6) is 11.5 Å². The highest BCUT2D eigenvalue weighted by molar-refractivity contribution is 8.00. The van der Waals surface area contributed by atoms with Gasteiger partial charge in [0, 0.05) is 16.7 Å². The Hall–Kier alpha value is -4.02. The van der Waals surface area contributed by atoms with E-state index in [0.717, 1.165) is 28.0 Å². The van der Waals surface area contributed by atoms with E-state index < -0.39 is 34.7 Å². The summed E-state index contributed by atoms with van der Waals surface area (Å²) in [7, 11) is 0. The number of carbonyl (C=O) groups excluding carboxylic acids is 3. The molecule has 3 aromatic carbocycles. The molecule has 3 N–H and O–H groups in total. The predicted molar refractivity (Wildman–Crippen MR) is 174 cm³/mol. The standard InChI is InChI=1S/C35H41N3O6S/c1-22-11-10-12-23(2)31(22)44-20-29(39)36-27(19-24-13-6-5-7-14-24)30(40)34(42)38-21-45-35(3,4)32(38)33(41)37-26-17-18-43-28-16-9-8-15-25(26)28/h5-16,26-27,30,32,40H,17-21H2,1-4H3,(H,36,39)(H,37,41)/t26-,27-,30-,32-/m0/s1. The Morgan fingerprint density at radius 3 is 2.44 bits per heavy atom. The van der Waals surface area contributed by atoms with E-state index in [1.165, 1.54) is 16.7 Å². The van der Waals surface area contributed by atoms with Gasteiger partial charge < -0.3 is 30.1 Å². The van der Waals surface area contributed by atoms with E-state index in [1.54, 1.807) is 0 Å². The lowest BCUT2D eigenvalue weighted by molar-refractivity contribution is -0.148. The summed E-state index contributed by atoms with van der Waals surface area (Å²) in [6.07, 6.45) is -0.777. The van der Waals surface area contributed by atoms with Gasteiger partial charge in [-0.25, -0.2) is 0 Å². The number of ether oxygens (including phenoxy) is 2. The third kappa shape index (κ3) is 7.45. The van der Waals surface area contributed by atoms with Crippen molar-refractivity contribution in [1.82, 2.24) is 15.5 Å². The normalized spacial score (nSPS) is 19.9. The van der Waals surface area contributed by atoms with Crippen molar-refractivity contribution in [2.75, 3.05) is 19.1 Å². The van der Waals surface area contributed by atoms with Gasteiger partial charge in [0.25, 0.3) is 11.8 Å². The smallest absolute Gasteiger partial charge is 0.258 e. The fourth-order valence-electron chi connectivity index (χ4n) is 6.02. The number of hydrogen-bond donors (Lipinski definition) is 3. The van der Waals surface area contributed by atoms with Gasteiger partial charge in [-0.05, 0) is 56.9 Å². The number of thioether (sulfide) groups is 1. The molecule has 1 fully saturated rings. The van der Waals surface area contributed by atoms with Gasteiger partial charge >= 0.3 is 0 Å². The number of nitrogens with one attached hydrogen (secondary N) is 2. The fraction of sp³-hybridized carbons (Fsp3) is 0.400. The molecule has 0 bridgehead atoms. The average Bonchev–Trinajstić information content (AvgIpc) is 3.35. The van der Waals surface area contributed by atoms with E-state index in [2.05, 4.69) is 10.6 Å². The Morgan fingerprint density at radius 1 is 1.02 bits per heavy atom. The largest absolute Gasteiger partial charge is 0.493 e. The SMILES string of the molecule is Cc1cccc(C)c1OCC(=O)N[C@@H](Cc1ccccc1)[C@H](O)C(=O)N1CSC(C)(C)[C@@H]1C(=O)N[C@H]1CCOc2ccccc21. The molecule has 238 valence electrons. The molecule has 0 aliphatic carbocycles. The Labute approximate surface area is 268 Å². The van der Waals surface area contributed by atoms with Gasteiger partial charge in [-0.3, -0.25) is 14.4 Å². The minimum atomic E-state index is -1.59. The van der Waals surface area contributed by atoms with Crippen LogP contribution in [0.3, 0.4) is 0 Å². The summed E-state index contributed by atoms with van der Waals surface area (Å²) in [6.45, 7) is 7.86. The second kappa shape index (κ2) is 14.0. The highest BCUT2D eigenvalue weighted by Gasteiger charge is 2.50. The summed E-state index contributed by atoms with van der Waals surface area (Å²) in [5.74, 6) is 0.219. The first kappa shape index (κ1) is 32.4. The fourth-order valence-corrected chi connectivity index (χ4v) is 7.16. The lowest BCUT2D eigenvalue weighted by Gasteiger charge is -2.35. The quantitative estimate of drug-likeness (QED) is 0.309. The van der Waals surface area contributed by atoms with Crippen LogP contribution in [0.2, 0.25) is 0 Å². The molecule has 3 aromatic rings. The van der Waals surface area contributed by atoms with Crippen LogP contribution in [0.4, 0.5) is 0 Å². The number of aryl methyl sites for hydroxylation is 2. The number of carbonyl (C=O) groups is 3. The first-order chi connectivity index (χ1) is 21.5. The number of amides is 3. The zero-order valence-corrected chi connectivity index (χ0v) is 26.9. The Balaban J connectivity index is 1.32. The third-order valence-corrected chi connectivity index (χ3v) is 9.76. The number of aliphatic hydroxyl groups excluding tert-OH is 1. The van der Waals surface area contributed by atoms with Crippen LogP contribution >= 0.6 is 11.8 Å². The molecule has 10 heteroatoms. The summed E-state index contributed by atoms with van der Waals surface area (Å²) < 4.78 is 11.0. The first-order valence-electron chi connectivity index (χ1n) is 15.2.